The van der Waals surface area contributed by atoms with Crippen LogP contribution in [0.2, 0.25) is 0 Å². The van der Waals surface area contributed by atoms with Crippen molar-refractivity contribution in [2.24, 2.45) is 17.3 Å². The summed E-state index contributed by atoms with van der Waals surface area (Å²) in [6, 6.07) is 0. The van der Waals surface area contributed by atoms with Crippen LogP contribution < -0.4 is 0 Å². The van der Waals surface area contributed by atoms with Gasteiger partial charge < -0.3 is 9.84 Å². The van der Waals surface area contributed by atoms with Gasteiger partial charge in [-0.3, -0.25) is 4.79 Å². The molecule has 0 bridgehead atoms. The van der Waals surface area contributed by atoms with Crippen molar-refractivity contribution in [3.8, 4) is 0 Å². The predicted octanol–water partition coefficient (Wildman–Crippen LogP) is 2.24. The highest BCUT2D eigenvalue weighted by molar-refractivity contribution is 5.86. The minimum atomic E-state index is -0.941. The maximum absolute atomic E-state index is 11.8. The minimum absolute atomic E-state index is 0.0372. The molecule has 1 saturated carbocycles. The van der Waals surface area contributed by atoms with E-state index in [-0.39, 0.29) is 34.9 Å². The van der Waals surface area contributed by atoms with E-state index in [4.69, 9.17) is 9.84 Å². The summed E-state index contributed by atoms with van der Waals surface area (Å²) in [6.07, 6.45) is 1.53. The van der Waals surface area contributed by atoms with Crippen LogP contribution in [0.1, 0.15) is 34.6 Å². The molecule has 1 N–H and O–H groups in total. The van der Waals surface area contributed by atoms with Gasteiger partial charge in [-0.2, -0.15) is 0 Å². The Labute approximate surface area is 102 Å². The van der Waals surface area contributed by atoms with Gasteiger partial charge in [0.2, 0.25) is 0 Å². The van der Waals surface area contributed by atoms with E-state index in [9.17, 15) is 9.59 Å². The molecule has 4 nitrogen and oxygen atoms in total. The van der Waals surface area contributed by atoms with E-state index in [0.29, 0.717) is 0 Å². The second kappa shape index (κ2) is 4.51. The first-order valence-electron chi connectivity index (χ1n) is 5.80. The largest absolute Gasteiger partial charge is 0.478 e. The molecule has 0 aromatic heterocycles. The molecule has 0 spiro atoms. The molecule has 2 atom stereocenters. The fourth-order valence-corrected chi connectivity index (χ4v) is 2.09. The van der Waals surface area contributed by atoms with Crippen LogP contribution in [0.25, 0.3) is 0 Å². The lowest BCUT2D eigenvalue weighted by Crippen LogP contribution is -2.15. The Morgan fingerprint density at radius 2 is 1.88 bits per heavy atom. The van der Waals surface area contributed by atoms with Gasteiger partial charge in [-0.1, -0.05) is 19.9 Å². The lowest BCUT2D eigenvalue weighted by atomic mass is 10.1. The van der Waals surface area contributed by atoms with Crippen LogP contribution >= 0.6 is 0 Å². The average molecular weight is 240 g/mol. The number of carbonyl (C=O) groups is 2. The smallest absolute Gasteiger partial charge is 0.330 e. The molecule has 0 radical (unpaired) electrons. The van der Waals surface area contributed by atoms with Crippen molar-refractivity contribution in [1.29, 1.82) is 0 Å². The van der Waals surface area contributed by atoms with Crippen LogP contribution in [0.5, 0.6) is 0 Å². The first-order chi connectivity index (χ1) is 7.67. The Hall–Kier alpha value is -1.32. The average Bonchev–Trinajstić information content (AvgIpc) is 2.66. The molecule has 1 fully saturated rings. The van der Waals surface area contributed by atoms with Crippen LogP contribution in [0, 0.1) is 17.3 Å². The van der Waals surface area contributed by atoms with Crippen molar-refractivity contribution in [3.63, 3.8) is 0 Å². The molecule has 2 unspecified atom stereocenters. The van der Waals surface area contributed by atoms with Crippen molar-refractivity contribution >= 4 is 11.9 Å². The predicted molar refractivity (Wildman–Crippen MR) is 63.4 cm³/mol. The molecule has 1 rings (SSSR count). The third-order valence-electron chi connectivity index (χ3n) is 3.28. The highest BCUT2D eigenvalue weighted by Gasteiger charge is 2.61. The number of esters is 1. The monoisotopic (exact) mass is 240 g/mol. The number of ether oxygens (including phenoxy) is 1. The molecule has 1 aliphatic rings. The number of hydrogen-bond donors (Lipinski definition) is 1. The molecule has 0 aromatic carbocycles. The fraction of sp³-hybridized carbons (Fsp3) is 0.692. The zero-order valence-corrected chi connectivity index (χ0v) is 11.0. The van der Waals surface area contributed by atoms with E-state index in [0.717, 1.165) is 0 Å². The van der Waals surface area contributed by atoms with Crippen LogP contribution in [0.15, 0.2) is 11.6 Å². The van der Waals surface area contributed by atoms with Gasteiger partial charge in [0, 0.05) is 5.57 Å². The van der Waals surface area contributed by atoms with Gasteiger partial charge >= 0.3 is 11.9 Å². The van der Waals surface area contributed by atoms with Crippen LogP contribution in [-0.2, 0) is 14.3 Å². The number of carboxylic acid groups (broad SMARTS) is 1. The Balaban J connectivity index is 2.75. The third-order valence-corrected chi connectivity index (χ3v) is 3.28. The van der Waals surface area contributed by atoms with E-state index in [1.54, 1.807) is 26.8 Å². The normalized spacial score (nSPS) is 26.8. The van der Waals surface area contributed by atoms with E-state index in [1.165, 1.54) is 0 Å². The maximum atomic E-state index is 11.8. The van der Waals surface area contributed by atoms with E-state index in [2.05, 4.69) is 0 Å². The Bertz CT molecular complexity index is 366. The first kappa shape index (κ1) is 13.7. The molecular weight excluding hydrogens is 220 g/mol. The van der Waals surface area contributed by atoms with Gasteiger partial charge in [0.15, 0.2) is 0 Å². The molecule has 0 aromatic rings. The summed E-state index contributed by atoms with van der Waals surface area (Å²) in [4.78, 5) is 22.5. The SMILES string of the molecule is CC(=CC1C(C(=O)OC(C)C)C1(C)C)C(=O)O. The third kappa shape index (κ3) is 2.87. The summed E-state index contributed by atoms with van der Waals surface area (Å²) in [5, 5.41) is 8.81. The van der Waals surface area contributed by atoms with Crippen LogP contribution in [0.4, 0.5) is 0 Å². The molecule has 0 heterocycles. The second-order valence-corrected chi connectivity index (χ2v) is 5.47. The van der Waals surface area contributed by atoms with Crippen LogP contribution in [-0.4, -0.2) is 23.1 Å². The van der Waals surface area contributed by atoms with Gasteiger partial charge in [0.25, 0.3) is 0 Å². The lowest BCUT2D eigenvalue weighted by Gasteiger charge is -2.08. The Kier molecular flexibility index (Phi) is 3.65. The second-order valence-electron chi connectivity index (χ2n) is 5.47. The lowest BCUT2D eigenvalue weighted by molar-refractivity contribution is -0.150. The number of rotatable bonds is 4. The zero-order chi connectivity index (χ0) is 13.4. The van der Waals surface area contributed by atoms with Gasteiger partial charge in [0.1, 0.15) is 0 Å². The summed E-state index contributed by atoms with van der Waals surface area (Å²) < 4.78 is 5.17. The number of carboxylic acids is 1. The number of hydrogen-bond acceptors (Lipinski definition) is 3. The summed E-state index contributed by atoms with van der Waals surface area (Å²) in [5.41, 5.74) is 0.0748. The maximum Gasteiger partial charge on any atom is 0.330 e. The van der Waals surface area contributed by atoms with Gasteiger partial charge in [-0.05, 0) is 32.1 Å². The van der Waals surface area contributed by atoms with Gasteiger partial charge in [-0.15, -0.1) is 0 Å². The molecule has 0 saturated heterocycles. The zero-order valence-electron chi connectivity index (χ0n) is 11.0. The summed E-state index contributed by atoms with van der Waals surface area (Å²) in [5.74, 6) is -1.43. The number of aliphatic carboxylic acids is 1. The summed E-state index contributed by atoms with van der Waals surface area (Å²) in [6.45, 7) is 9.06. The summed E-state index contributed by atoms with van der Waals surface area (Å²) in [7, 11) is 0. The number of allylic oxidation sites excluding steroid dienone is 1. The minimum Gasteiger partial charge on any atom is -0.478 e. The van der Waals surface area contributed by atoms with E-state index in [1.807, 2.05) is 13.8 Å². The van der Waals surface area contributed by atoms with E-state index < -0.39 is 5.97 Å². The Morgan fingerprint density at radius 3 is 2.29 bits per heavy atom. The molecule has 17 heavy (non-hydrogen) atoms. The number of carbonyl (C=O) groups excluding carboxylic acids is 1. The van der Waals surface area contributed by atoms with Crippen molar-refractivity contribution < 1.29 is 19.4 Å². The van der Waals surface area contributed by atoms with Crippen molar-refractivity contribution in [3.05, 3.63) is 11.6 Å². The molecule has 4 heteroatoms. The molecule has 0 aliphatic heterocycles. The highest BCUT2D eigenvalue weighted by atomic mass is 16.5. The highest BCUT2D eigenvalue weighted by Crippen LogP contribution is 2.59. The standard InChI is InChI=1S/C13H20O4/c1-7(2)17-12(16)10-9(13(10,4)5)6-8(3)11(14)15/h6-7,9-10H,1-5H3,(H,14,15). The fourth-order valence-electron chi connectivity index (χ4n) is 2.09. The van der Waals surface area contributed by atoms with Gasteiger partial charge in [0.05, 0.1) is 12.0 Å². The summed E-state index contributed by atoms with van der Waals surface area (Å²) >= 11 is 0. The van der Waals surface area contributed by atoms with Crippen molar-refractivity contribution in [2.45, 2.75) is 40.7 Å². The molecule has 0 amide bonds. The molecule has 96 valence electrons. The quantitative estimate of drug-likeness (QED) is 0.604. The van der Waals surface area contributed by atoms with Crippen molar-refractivity contribution in [2.75, 3.05) is 0 Å². The van der Waals surface area contributed by atoms with Crippen molar-refractivity contribution in [1.82, 2.24) is 0 Å². The molecular formula is C13H20O4. The topological polar surface area (TPSA) is 63.6 Å². The Morgan fingerprint density at radius 1 is 1.35 bits per heavy atom. The molecule has 1 aliphatic carbocycles. The first-order valence-corrected chi connectivity index (χ1v) is 5.80. The van der Waals surface area contributed by atoms with E-state index >= 15 is 0 Å². The van der Waals surface area contributed by atoms with Gasteiger partial charge in [-0.25, -0.2) is 4.79 Å². The van der Waals surface area contributed by atoms with Crippen LogP contribution in [0.3, 0.4) is 0 Å².